The van der Waals surface area contributed by atoms with E-state index in [2.05, 4.69) is 39.5 Å². The van der Waals surface area contributed by atoms with E-state index in [1.165, 1.54) is 10.2 Å². The molecule has 0 unspecified atom stereocenters. The van der Waals surface area contributed by atoms with Crippen LogP contribution in [0, 0.1) is 17.6 Å². The van der Waals surface area contributed by atoms with Crippen molar-refractivity contribution < 1.29 is 13.9 Å². The summed E-state index contributed by atoms with van der Waals surface area (Å²) in [7, 11) is 0. The van der Waals surface area contributed by atoms with E-state index in [0.717, 1.165) is 37.7 Å². The van der Waals surface area contributed by atoms with Crippen molar-refractivity contribution in [2.75, 3.05) is 18.0 Å². The number of phenols is 1. The summed E-state index contributed by atoms with van der Waals surface area (Å²) in [5.41, 5.74) is 3.04. The Hall–Kier alpha value is -3.48. The SMILES string of the molecule is Oc1c(F)cc2nnn(-c3ccc(N4CC[C@H](Cc5ccccc5)C4)cc3)c2c1F. The lowest BCUT2D eigenvalue weighted by atomic mass is 9.99. The maximum absolute atomic E-state index is 14.4. The van der Waals surface area contributed by atoms with E-state index < -0.39 is 17.4 Å². The van der Waals surface area contributed by atoms with Crippen LogP contribution in [0.4, 0.5) is 14.5 Å². The van der Waals surface area contributed by atoms with Crippen molar-refractivity contribution in [2.24, 2.45) is 5.92 Å². The molecule has 152 valence electrons. The van der Waals surface area contributed by atoms with Crippen LogP contribution in [0.1, 0.15) is 12.0 Å². The molecule has 0 aliphatic carbocycles. The predicted octanol–water partition coefficient (Wildman–Crippen LogP) is 4.47. The normalized spacial score (nSPS) is 16.5. The van der Waals surface area contributed by atoms with E-state index in [0.29, 0.717) is 11.6 Å². The van der Waals surface area contributed by atoms with Gasteiger partial charge in [0.2, 0.25) is 0 Å². The molecule has 5 nitrogen and oxygen atoms in total. The predicted molar refractivity (Wildman–Crippen MR) is 111 cm³/mol. The fourth-order valence-corrected chi connectivity index (χ4v) is 4.17. The zero-order valence-corrected chi connectivity index (χ0v) is 16.2. The Morgan fingerprint density at radius 2 is 1.73 bits per heavy atom. The molecule has 7 heteroatoms. The van der Waals surface area contributed by atoms with Crippen molar-refractivity contribution >= 4 is 16.7 Å². The van der Waals surface area contributed by atoms with Gasteiger partial charge in [0.05, 0.1) is 5.69 Å². The average Bonchev–Trinajstić information content (AvgIpc) is 3.40. The van der Waals surface area contributed by atoms with Crippen molar-refractivity contribution in [2.45, 2.75) is 12.8 Å². The fourth-order valence-electron chi connectivity index (χ4n) is 4.17. The van der Waals surface area contributed by atoms with E-state index in [-0.39, 0.29) is 11.0 Å². The quantitative estimate of drug-likeness (QED) is 0.543. The summed E-state index contributed by atoms with van der Waals surface area (Å²) in [6.07, 6.45) is 2.21. The number of anilines is 1. The van der Waals surface area contributed by atoms with Crippen molar-refractivity contribution in [1.29, 1.82) is 0 Å². The molecule has 5 rings (SSSR count). The van der Waals surface area contributed by atoms with Crippen LogP contribution < -0.4 is 4.90 Å². The number of aromatic nitrogens is 3. The van der Waals surface area contributed by atoms with E-state index >= 15 is 0 Å². The number of halogens is 2. The first-order valence-electron chi connectivity index (χ1n) is 9.92. The molecule has 1 aliphatic heterocycles. The lowest BCUT2D eigenvalue weighted by Gasteiger charge is -2.19. The van der Waals surface area contributed by atoms with Crippen LogP contribution in [0.15, 0.2) is 60.7 Å². The van der Waals surface area contributed by atoms with Crippen LogP contribution in [-0.2, 0) is 6.42 Å². The Kier molecular flexibility index (Phi) is 4.58. The molecule has 1 fully saturated rings. The molecule has 30 heavy (non-hydrogen) atoms. The number of rotatable bonds is 4. The second-order valence-electron chi connectivity index (χ2n) is 7.70. The third-order valence-electron chi connectivity index (χ3n) is 5.71. The van der Waals surface area contributed by atoms with Gasteiger partial charge in [-0.2, -0.15) is 0 Å². The lowest BCUT2D eigenvalue weighted by Crippen LogP contribution is -2.20. The van der Waals surface area contributed by atoms with Gasteiger partial charge in [0.15, 0.2) is 17.4 Å². The van der Waals surface area contributed by atoms with Crippen LogP contribution in [0.25, 0.3) is 16.7 Å². The van der Waals surface area contributed by atoms with E-state index in [4.69, 9.17) is 0 Å². The number of fused-ring (bicyclic) bond motifs is 1. The van der Waals surface area contributed by atoms with Gasteiger partial charge in [0, 0.05) is 24.8 Å². The van der Waals surface area contributed by atoms with Gasteiger partial charge >= 0.3 is 0 Å². The molecule has 0 radical (unpaired) electrons. The second kappa shape index (κ2) is 7.40. The minimum Gasteiger partial charge on any atom is -0.503 e. The Balaban J connectivity index is 1.35. The van der Waals surface area contributed by atoms with Crippen LogP contribution in [0.3, 0.4) is 0 Å². The maximum atomic E-state index is 14.4. The minimum atomic E-state index is -1.07. The third-order valence-corrected chi connectivity index (χ3v) is 5.71. The molecular formula is C23H20F2N4O. The Labute approximate surface area is 172 Å². The first kappa shape index (κ1) is 18.5. The number of hydrogen-bond acceptors (Lipinski definition) is 4. The third kappa shape index (κ3) is 3.26. The number of aromatic hydroxyl groups is 1. The van der Waals surface area contributed by atoms with Crippen molar-refractivity contribution in [3.05, 3.63) is 77.9 Å². The van der Waals surface area contributed by atoms with Crippen molar-refractivity contribution in [3.8, 4) is 11.4 Å². The average molecular weight is 406 g/mol. The molecule has 2 heterocycles. The van der Waals surface area contributed by atoms with Gasteiger partial charge in [-0.05, 0) is 48.6 Å². The first-order chi connectivity index (χ1) is 14.6. The van der Waals surface area contributed by atoms with Gasteiger partial charge in [-0.15, -0.1) is 5.10 Å². The van der Waals surface area contributed by atoms with Gasteiger partial charge < -0.3 is 10.0 Å². The van der Waals surface area contributed by atoms with Crippen LogP contribution in [-0.4, -0.2) is 33.2 Å². The Bertz CT molecular complexity index is 1190. The van der Waals surface area contributed by atoms with Gasteiger partial charge in [-0.3, -0.25) is 0 Å². The highest BCUT2D eigenvalue weighted by atomic mass is 19.1. The molecule has 0 spiro atoms. The van der Waals surface area contributed by atoms with Crippen LogP contribution >= 0.6 is 0 Å². The summed E-state index contributed by atoms with van der Waals surface area (Å²) in [4.78, 5) is 2.35. The smallest absolute Gasteiger partial charge is 0.195 e. The summed E-state index contributed by atoms with van der Waals surface area (Å²) in [6.45, 7) is 1.98. The summed E-state index contributed by atoms with van der Waals surface area (Å²) in [5.74, 6) is -2.54. The number of benzene rings is 3. The van der Waals surface area contributed by atoms with E-state index in [1.54, 1.807) is 0 Å². The van der Waals surface area contributed by atoms with Crippen molar-refractivity contribution in [1.82, 2.24) is 15.0 Å². The molecule has 1 atom stereocenters. The highest BCUT2D eigenvalue weighted by Gasteiger charge is 2.23. The van der Waals surface area contributed by atoms with Gasteiger partial charge in [-0.1, -0.05) is 35.5 Å². The van der Waals surface area contributed by atoms with Crippen LogP contribution in [0.5, 0.6) is 5.75 Å². The molecule has 0 amide bonds. The minimum absolute atomic E-state index is 0.0502. The van der Waals surface area contributed by atoms with Gasteiger partial charge in [-0.25, -0.2) is 13.5 Å². The molecule has 1 N–H and O–H groups in total. The maximum Gasteiger partial charge on any atom is 0.195 e. The number of nitrogens with zero attached hydrogens (tertiary/aromatic N) is 4. The molecular weight excluding hydrogens is 386 g/mol. The second-order valence-corrected chi connectivity index (χ2v) is 7.70. The fraction of sp³-hybridized carbons (Fsp3) is 0.217. The number of hydrogen-bond donors (Lipinski definition) is 1. The van der Waals surface area contributed by atoms with Crippen molar-refractivity contribution in [3.63, 3.8) is 0 Å². The largest absolute Gasteiger partial charge is 0.503 e. The summed E-state index contributed by atoms with van der Waals surface area (Å²) in [5, 5.41) is 17.3. The first-order valence-corrected chi connectivity index (χ1v) is 9.92. The molecule has 1 aromatic heterocycles. The van der Waals surface area contributed by atoms with E-state index in [9.17, 15) is 13.9 Å². The lowest BCUT2D eigenvalue weighted by molar-refractivity contribution is 0.399. The summed E-state index contributed by atoms with van der Waals surface area (Å²) in [6, 6.07) is 19.1. The zero-order chi connectivity index (χ0) is 20.7. The van der Waals surface area contributed by atoms with Crippen LogP contribution in [0.2, 0.25) is 0 Å². The Morgan fingerprint density at radius 3 is 2.50 bits per heavy atom. The Morgan fingerprint density at radius 1 is 1.00 bits per heavy atom. The molecule has 1 saturated heterocycles. The molecule has 1 aliphatic rings. The summed E-state index contributed by atoms with van der Waals surface area (Å²) < 4.78 is 29.2. The van der Waals surface area contributed by atoms with Gasteiger partial charge in [0.25, 0.3) is 0 Å². The standard InChI is InChI=1S/C23H20F2N4O/c24-19-13-20-22(21(25)23(19)30)29(27-26-20)18-8-6-17(7-9-18)28-11-10-16(14-28)12-15-4-2-1-3-5-15/h1-9,13,16,30H,10-12,14H2/t16-/m1/s1. The molecule has 0 saturated carbocycles. The molecule has 0 bridgehead atoms. The highest BCUT2D eigenvalue weighted by molar-refractivity contribution is 5.79. The van der Waals surface area contributed by atoms with E-state index in [1.807, 2.05) is 30.3 Å². The molecule has 3 aromatic carbocycles. The highest BCUT2D eigenvalue weighted by Crippen LogP contribution is 2.30. The monoisotopic (exact) mass is 406 g/mol. The summed E-state index contributed by atoms with van der Waals surface area (Å²) >= 11 is 0. The zero-order valence-electron chi connectivity index (χ0n) is 16.2. The topological polar surface area (TPSA) is 54.2 Å². The van der Waals surface area contributed by atoms with Gasteiger partial charge in [0.1, 0.15) is 11.0 Å². The number of phenolic OH excluding ortho intramolecular Hbond substituents is 1. The molecule has 4 aromatic rings.